The lowest BCUT2D eigenvalue weighted by Crippen LogP contribution is -2.54. The molecule has 0 amide bonds. The average Bonchev–Trinajstić information content (AvgIpc) is 2.84. The third-order valence-corrected chi connectivity index (χ3v) is 6.60. The van der Waals surface area contributed by atoms with E-state index in [-0.39, 0.29) is 23.7 Å². The summed E-state index contributed by atoms with van der Waals surface area (Å²) in [6.45, 7) is 12.5. The number of rotatable bonds is 11. The molecule has 2 heteroatoms. The number of carbonyl (C=O) groups excluding carboxylic acids is 1. The zero-order chi connectivity index (χ0) is 23.8. The normalized spacial score (nSPS) is 13.6. The van der Waals surface area contributed by atoms with Gasteiger partial charge in [0.2, 0.25) is 0 Å². The molecule has 0 bridgehead atoms. The van der Waals surface area contributed by atoms with Gasteiger partial charge in [-0.1, -0.05) is 125 Å². The van der Waals surface area contributed by atoms with Crippen molar-refractivity contribution in [2.24, 2.45) is 17.8 Å². The van der Waals surface area contributed by atoms with Crippen molar-refractivity contribution in [3.05, 3.63) is 120 Å². The molecule has 0 heterocycles. The molecule has 0 aliphatic carbocycles. The summed E-state index contributed by atoms with van der Waals surface area (Å²) in [5.41, 5.74) is 2.69. The van der Waals surface area contributed by atoms with E-state index in [0.29, 0.717) is 12.3 Å². The van der Waals surface area contributed by atoms with E-state index in [2.05, 4.69) is 112 Å². The Kier molecular flexibility index (Phi) is 8.41. The van der Waals surface area contributed by atoms with E-state index in [1.165, 1.54) is 0 Å². The maximum Gasteiger partial charge on any atom is 0.150 e. The van der Waals surface area contributed by atoms with Crippen LogP contribution in [0.2, 0.25) is 0 Å². The van der Waals surface area contributed by atoms with Crippen molar-refractivity contribution in [1.82, 2.24) is 5.32 Å². The minimum absolute atomic E-state index is 0.130. The lowest BCUT2D eigenvalue weighted by molar-refractivity contribution is -0.123. The second-order valence-corrected chi connectivity index (χ2v) is 9.53. The summed E-state index contributed by atoms with van der Waals surface area (Å²) in [5.74, 6) is 0.905. The molecule has 1 N–H and O–H groups in total. The van der Waals surface area contributed by atoms with Crippen molar-refractivity contribution < 1.29 is 4.79 Å². The number of hydrogen-bond donors (Lipinski definition) is 1. The van der Waals surface area contributed by atoms with Crippen molar-refractivity contribution in [2.45, 2.75) is 45.7 Å². The lowest BCUT2D eigenvalue weighted by Gasteiger charge is -2.41. The quantitative estimate of drug-likeness (QED) is 0.257. The fraction of sp³-hybridized carbons (Fsp3) is 0.323. The number of hydrogen-bond acceptors (Lipinski definition) is 2. The molecule has 2 atom stereocenters. The average molecular weight is 440 g/mol. The van der Waals surface area contributed by atoms with Crippen LogP contribution in [0.15, 0.2) is 104 Å². The molecule has 3 rings (SSSR count). The smallest absolute Gasteiger partial charge is 0.150 e. The predicted molar refractivity (Wildman–Crippen MR) is 139 cm³/mol. The molecule has 2 unspecified atom stereocenters. The van der Waals surface area contributed by atoms with Gasteiger partial charge in [-0.2, -0.15) is 0 Å². The fourth-order valence-corrected chi connectivity index (χ4v) is 4.62. The minimum Gasteiger partial charge on any atom is -0.298 e. The van der Waals surface area contributed by atoms with Crippen molar-refractivity contribution in [3.63, 3.8) is 0 Å². The van der Waals surface area contributed by atoms with Crippen molar-refractivity contribution in [1.29, 1.82) is 0 Å². The Morgan fingerprint density at radius 3 is 1.45 bits per heavy atom. The largest absolute Gasteiger partial charge is 0.298 e. The summed E-state index contributed by atoms with van der Waals surface area (Å²) in [6, 6.07) is 31.1. The maximum absolute atomic E-state index is 13.7. The fourth-order valence-electron chi connectivity index (χ4n) is 4.62. The summed E-state index contributed by atoms with van der Waals surface area (Å²) < 4.78 is 0. The highest BCUT2D eigenvalue weighted by atomic mass is 16.1. The minimum atomic E-state index is -0.657. The third kappa shape index (κ3) is 5.51. The molecule has 2 nitrogen and oxygen atoms in total. The highest BCUT2D eigenvalue weighted by molar-refractivity contribution is 5.85. The molecule has 172 valence electrons. The molecule has 0 aliphatic rings. The van der Waals surface area contributed by atoms with Crippen molar-refractivity contribution in [2.75, 3.05) is 0 Å². The van der Waals surface area contributed by atoms with Crippen LogP contribution in [0.5, 0.6) is 0 Å². The van der Waals surface area contributed by atoms with E-state index in [1.807, 2.05) is 24.3 Å². The van der Waals surface area contributed by atoms with Crippen LogP contribution in [0.25, 0.3) is 0 Å². The number of carbonyl (C=O) groups is 1. The van der Waals surface area contributed by atoms with Gasteiger partial charge in [0.05, 0.1) is 11.6 Å². The van der Waals surface area contributed by atoms with Crippen LogP contribution in [0.4, 0.5) is 0 Å². The van der Waals surface area contributed by atoms with Crippen LogP contribution in [0, 0.1) is 17.8 Å². The standard InChI is InChI=1S/C31H37NO/c1-6-25(23(2)3)22-29(33)30(24(4)5)32-31(26-16-10-7-11-17-26,27-18-12-8-13-19-27)28-20-14-9-15-21-28/h6-21,23-25,30,32H,1,22H2,2-5H3. The Morgan fingerprint density at radius 2 is 1.15 bits per heavy atom. The highest BCUT2D eigenvalue weighted by Crippen LogP contribution is 2.38. The summed E-state index contributed by atoms with van der Waals surface area (Å²) in [5, 5.41) is 3.90. The third-order valence-electron chi connectivity index (χ3n) is 6.60. The zero-order valence-electron chi connectivity index (χ0n) is 20.4. The summed E-state index contributed by atoms with van der Waals surface area (Å²) in [6.07, 6.45) is 2.42. The van der Waals surface area contributed by atoms with Gasteiger partial charge < -0.3 is 0 Å². The molecule has 0 radical (unpaired) electrons. The first-order valence-corrected chi connectivity index (χ1v) is 12.0. The number of nitrogens with one attached hydrogen (secondary N) is 1. The summed E-state index contributed by atoms with van der Waals surface area (Å²) >= 11 is 0. The van der Waals surface area contributed by atoms with Gasteiger partial charge in [-0.25, -0.2) is 0 Å². The second-order valence-electron chi connectivity index (χ2n) is 9.53. The number of ketones is 1. The maximum atomic E-state index is 13.7. The van der Waals surface area contributed by atoms with Crippen molar-refractivity contribution >= 4 is 5.78 Å². The molecule has 0 saturated carbocycles. The zero-order valence-corrected chi connectivity index (χ0v) is 20.4. The molecule has 33 heavy (non-hydrogen) atoms. The molecular weight excluding hydrogens is 402 g/mol. The van der Waals surface area contributed by atoms with E-state index < -0.39 is 5.54 Å². The topological polar surface area (TPSA) is 29.1 Å². The van der Waals surface area contributed by atoms with Crippen LogP contribution in [-0.2, 0) is 10.3 Å². The molecule has 0 fully saturated rings. The first-order chi connectivity index (χ1) is 15.9. The summed E-state index contributed by atoms with van der Waals surface area (Å²) in [4.78, 5) is 13.7. The molecule has 0 saturated heterocycles. The van der Waals surface area contributed by atoms with Gasteiger partial charge in [0.15, 0.2) is 5.78 Å². The van der Waals surface area contributed by atoms with Gasteiger partial charge in [-0.05, 0) is 34.4 Å². The molecular formula is C31H37NO. The Bertz CT molecular complexity index is 912. The van der Waals surface area contributed by atoms with Gasteiger partial charge in [-0.15, -0.1) is 6.58 Å². The van der Waals surface area contributed by atoms with Crippen molar-refractivity contribution in [3.8, 4) is 0 Å². The van der Waals surface area contributed by atoms with Gasteiger partial charge in [-0.3, -0.25) is 10.1 Å². The lowest BCUT2D eigenvalue weighted by atomic mass is 9.75. The van der Waals surface area contributed by atoms with Gasteiger partial charge >= 0.3 is 0 Å². The molecule has 0 aliphatic heterocycles. The van der Waals surface area contributed by atoms with Crippen LogP contribution in [-0.4, -0.2) is 11.8 Å². The molecule has 0 aromatic heterocycles. The van der Waals surface area contributed by atoms with Crippen LogP contribution in [0.1, 0.15) is 50.8 Å². The van der Waals surface area contributed by atoms with E-state index in [9.17, 15) is 4.79 Å². The molecule has 3 aromatic carbocycles. The summed E-state index contributed by atoms with van der Waals surface area (Å²) in [7, 11) is 0. The van der Waals surface area contributed by atoms with Crippen LogP contribution >= 0.6 is 0 Å². The Balaban J connectivity index is 2.18. The van der Waals surface area contributed by atoms with Gasteiger partial charge in [0.1, 0.15) is 0 Å². The van der Waals surface area contributed by atoms with E-state index in [4.69, 9.17) is 0 Å². The Morgan fingerprint density at radius 1 is 0.758 bits per heavy atom. The number of Topliss-reactive ketones (excluding diaryl/α,β-unsaturated/α-hetero) is 1. The van der Waals surface area contributed by atoms with E-state index in [0.717, 1.165) is 16.7 Å². The Labute approximate surface area is 199 Å². The van der Waals surface area contributed by atoms with E-state index in [1.54, 1.807) is 0 Å². The first kappa shape index (κ1) is 24.7. The monoisotopic (exact) mass is 439 g/mol. The molecule has 0 spiro atoms. The second kappa shape index (κ2) is 11.2. The number of allylic oxidation sites excluding steroid dienone is 1. The van der Waals surface area contributed by atoms with Crippen LogP contribution in [0.3, 0.4) is 0 Å². The Hall–Kier alpha value is -2.97. The van der Waals surface area contributed by atoms with Gasteiger partial charge in [0, 0.05) is 6.42 Å². The molecule has 3 aromatic rings. The van der Waals surface area contributed by atoms with Gasteiger partial charge in [0.25, 0.3) is 0 Å². The highest BCUT2D eigenvalue weighted by Gasteiger charge is 2.40. The SMILES string of the molecule is C=CC(CC(=O)C(NC(c1ccccc1)(c1ccccc1)c1ccccc1)C(C)C)C(C)C. The number of benzene rings is 3. The van der Waals surface area contributed by atoms with E-state index >= 15 is 0 Å². The van der Waals surface area contributed by atoms with Crippen LogP contribution < -0.4 is 5.32 Å². The predicted octanol–water partition coefficient (Wildman–Crippen LogP) is 7.01. The first-order valence-electron chi connectivity index (χ1n) is 12.0.